The third kappa shape index (κ3) is 1.94. The van der Waals surface area contributed by atoms with Crippen molar-refractivity contribution in [1.29, 1.82) is 0 Å². The lowest BCUT2D eigenvalue weighted by molar-refractivity contribution is 0.0600. The van der Waals surface area contributed by atoms with Gasteiger partial charge in [-0.3, -0.25) is 4.79 Å². The van der Waals surface area contributed by atoms with Crippen LogP contribution in [0.25, 0.3) is 0 Å². The molecule has 0 radical (unpaired) electrons. The molecule has 1 aromatic rings. The van der Waals surface area contributed by atoms with E-state index in [0.717, 1.165) is 0 Å². The maximum Gasteiger partial charge on any atom is 0.339 e. The molecule has 1 aromatic heterocycles. The number of nitrogens with one attached hydrogen (secondary N) is 1. The third-order valence-corrected chi connectivity index (χ3v) is 1.57. The minimum atomic E-state index is -0.550. The van der Waals surface area contributed by atoms with Crippen molar-refractivity contribution in [2.75, 3.05) is 7.11 Å². The van der Waals surface area contributed by atoms with Crippen LogP contribution in [-0.2, 0) is 11.3 Å². The Kier molecular flexibility index (Phi) is 2.81. The normalized spacial score (nSPS) is 9.69. The van der Waals surface area contributed by atoms with E-state index in [1.807, 2.05) is 0 Å². The highest BCUT2D eigenvalue weighted by molar-refractivity contribution is 5.89. The first-order valence-corrected chi connectivity index (χ1v) is 3.60. The molecule has 13 heavy (non-hydrogen) atoms. The highest BCUT2D eigenvalue weighted by Gasteiger charge is 2.07. The van der Waals surface area contributed by atoms with E-state index in [-0.39, 0.29) is 11.1 Å². The van der Waals surface area contributed by atoms with Crippen LogP contribution in [0.4, 0.5) is 0 Å². The van der Waals surface area contributed by atoms with Crippen molar-refractivity contribution in [3.63, 3.8) is 0 Å². The Hall–Kier alpha value is -1.62. The smallest absolute Gasteiger partial charge is 0.339 e. The second-order valence-electron chi connectivity index (χ2n) is 2.39. The molecule has 0 aliphatic carbocycles. The van der Waals surface area contributed by atoms with Gasteiger partial charge in [-0.1, -0.05) is 0 Å². The van der Waals surface area contributed by atoms with E-state index in [1.165, 1.54) is 19.4 Å². The molecule has 0 aliphatic heterocycles. The summed E-state index contributed by atoms with van der Waals surface area (Å²) < 4.78 is 4.43. The average molecular weight is 183 g/mol. The molecule has 5 nitrogen and oxygen atoms in total. The molecule has 0 unspecified atom stereocenters. The van der Waals surface area contributed by atoms with Crippen molar-refractivity contribution >= 4 is 5.97 Å². The van der Waals surface area contributed by atoms with Gasteiger partial charge in [-0.15, -0.1) is 0 Å². The fraction of sp³-hybridized carbons (Fsp3) is 0.250. The molecule has 0 amide bonds. The summed E-state index contributed by atoms with van der Waals surface area (Å²) in [4.78, 5) is 24.2. The highest BCUT2D eigenvalue weighted by Crippen LogP contribution is 2.00. The first-order chi connectivity index (χ1) is 6.19. The molecule has 1 rings (SSSR count). The van der Waals surface area contributed by atoms with E-state index in [4.69, 9.17) is 5.11 Å². The molecule has 0 atom stereocenters. The number of aliphatic hydroxyl groups excluding tert-OH is 1. The Morgan fingerprint density at radius 3 is 2.92 bits per heavy atom. The molecule has 0 saturated heterocycles. The van der Waals surface area contributed by atoms with Crippen LogP contribution in [0.15, 0.2) is 17.1 Å². The summed E-state index contributed by atoms with van der Waals surface area (Å²) in [5.41, 5.74) is -0.0517. The number of aromatic nitrogens is 1. The van der Waals surface area contributed by atoms with Crippen LogP contribution in [-0.4, -0.2) is 23.2 Å². The Morgan fingerprint density at radius 1 is 1.69 bits per heavy atom. The maximum absolute atomic E-state index is 11.0. The first-order valence-electron chi connectivity index (χ1n) is 3.60. The quantitative estimate of drug-likeness (QED) is 0.614. The van der Waals surface area contributed by atoms with Gasteiger partial charge in [0.15, 0.2) is 0 Å². The molecule has 0 spiro atoms. The van der Waals surface area contributed by atoms with Crippen LogP contribution >= 0.6 is 0 Å². The molecule has 0 aromatic carbocycles. The Balaban J connectivity index is 3.13. The number of rotatable bonds is 2. The summed E-state index contributed by atoms with van der Waals surface area (Å²) in [6.45, 7) is -0.403. The summed E-state index contributed by atoms with van der Waals surface area (Å²) in [5, 5.41) is 8.73. The van der Waals surface area contributed by atoms with Crippen molar-refractivity contribution in [3.05, 3.63) is 33.7 Å². The molecule has 0 bridgehead atoms. The second kappa shape index (κ2) is 3.86. The summed E-state index contributed by atoms with van der Waals surface area (Å²) in [5.74, 6) is -0.550. The number of ether oxygens (including phenoxy) is 1. The third-order valence-electron chi connectivity index (χ3n) is 1.57. The molecule has 5 heteroatoms. The molecular weight excluding hydrogens is 174 g/mol. The highest BCUT2D eigenvalue weighted by atomic mass is 16.5. The van der Waals surface area contributed by atoms with Gasteiger partial charge in [-0.2, -0.15) is 0 Å². The summed E-state index contributed by atoms with van der Waals surface area (Å²) in [7, 11) is 1.24. The lowest BCUT2D eigenvalue weighted by Gasteiger charge is -1.99. The van der Waals surface area contributed by atoms with E-state index in [9.17, 15) is 9.59 Å². The SMILES string of the molecule is COC(=O)c1c[nH]c(=O)c(CO)c1. The molecule has 2 N–H and O–H groups in total. The Bertz CT molecular complexity index is 369. The van der Waals surface area contributed by atoms with Crippen molar-refractivity contribution < 1.29 is 14.6 Å². The summed E-state index contributed by atoms with van der Waals surface area (Å²) in [6, 6.07) is 1.30. The van der Waals surface area contributed by atoms with Crippen LogP contribution in [0.1, 0.15) is 15.9 Å². The second-order valence-corrected chi connectivity index (χ2v) is 2.39. The number of esters is 1. The monoisotopic (exact) mass is 183 g/mol. The molecule has 0 aliphatic rings. The predicted molar refractivity (Wildman–Crippen MR) is 44.3 cm³/mol. The zero-order valence-corrected chi connectivity index (χ0v) is 7.03. The van der Waals surface area contributed by atoms with E-state index in [2.05, 4.69) is 9.72 Å². The number of hydrogen-bond donors (Lipinski definition) is 2. The van der Waals surface area contributed by atoms with Gasteiger partial charge in [-0.05, 0) is 6.07 Å². The lowest BCUT2D eigenvalue weighted by Crippen LogP contribution is -2.14. The van der Waals surface area contributed by atoms with Gasteiger partial charge in [0.05, 0.1) is 19.3 Å². The topological polar surface area (TPSA) is 79.4 Å². The summed E-state index contributed by atoms with van der Waals surface area (Å²) >= 11 is 0. The van der Waals surface area contributed by atoms with Gasteiger partial charge in [0.2, 0.25) is 0 Å². The fourth-order valence-corrected chi connectivity index (χ4v) is 0.884. The molecule has 70 valence electrons. The number of aliphatic hydroxyl groups is 1. The zero-order chi connectivity index (χ0) is 9.84. The van der Waals surface area contributed by atoms with E-state index in [0.29, 0.717) is 0 Å². The largest absolute Gasteiger partial charge is 0.465 e. The van der Waals surface area contributed by atoms with Gasteiger partial charge in [-0.25, -0.2) is 4.79 Å². The van der Waals surface area contributed by atoms with Crippen LogP contribution in [0.5, 0.6) is 0 Å². The standard InChI is InChI=1S/C8H9NO4/c1-13-8(12)5-2-6(4-10)7(11)9-3-5/h2-3,10H,4H2,1H3,(H,9,11). The number of H-pyrrole nitrogens is 1. The number of aromatic amines is 1. The fourth-order valence-electron chi connectivity index (χ4n) is 0.884. The molecule has 1 heterocycles. The number of methoxy groups -OCH3 is 1. The maximum atomic E-state index is 11.0. The van der Waals surface area contributed by atoms with Gasteiger partial charge in [0.25, 0.3) is 5.56 Å². The van der Waals surface area contributed by atoms with Crippen molar-refractivity contribution in [3.8, 4) is 0 Å². The van der Waals surface area contributed by atoms with Crippen LogP contribution in [0.3, 0.4) is 0 Å². The van der Waals surface area contributed by atoms with Gasteiger partial charge in [0, 0.05) is 11.8 Å². The molecule has 0 saturated carbocycles. The van der Waals surface area contributed by atoms with Crippen LogP contribution < -0.4 is 5.56 Å². The van der Waals surface area contributed by atoms with E-state index < -0.39 is 18.1 Å². The van der Waals surface area contributed by atoms with Gasteiger partial charge < -0.3 is 14.8 Å². The first kappa shape index (κ1) is 9.47. The van der Waals surface area contributed by atoms with E-state index >= 15 is 0 Å². The number of hydrogen-bond acceptors (Lipinski definition) is 4. The minimum absolute atomic E-state index is 0.142. The average Bonchev–Trinajstić information content (AvgIpc) is 2.17. The summed E-state index contributed by atoms with van der Waals surface area (Å²) in [6.07, 6.45) is 1.24. The van der Waals surface area contributed by atoms with Crippen molar-refractivity contribution in [2.45, 2.75) is 6.61 Å². The number of carbonyl (C=O) groups is 1. The minimum Gasteiger partial charge on any atom is -0.465 e. The van der Waals surface area contributed by atoms with Gasteiger partial charge in [0.1, 0.15) is 0 Å². The number of pyridine rings is 1. The number of carbonyl (C=O) groups excluding carboxylic acids is 1. The van der Waals surface area contributed by atoms with Crippen molar-refractivity contribution in [1.82, 2.24) is 4.98 Å². The van der Waals surface area contributed by atoms with Crippen molar-refractivity contribution in [2.24, 2.45) is 0 Å². The predicted octanol–water partition coefficient (Wildman–Crippen LogP) is -0.346. The molecular formula is C8H9NO4. The van der Waals surface area contributed by atoms with Crippen LogP contribution in [0, 0.1) is 0 Å². The van der Waals surface area contributed by atoms with E-state index in [1.54, 1.807) is 0 Å². The van der Waals surface area contributed by atoms with Crippen LogP contribution in [0.2, 0.25) is 0 Å². The lowest BCUT2D eigenvalue weighted by atomic mass is 10.2. The Morgan fingerprint density at radius 2 is 2.38 bits per heavy atom. The Labute approximate surface area is 74.0 Å². The zero-order valence-electron chi connectivity index (χ0n) is 7.03. The van der Waals surface area contributed by atoms with Gasteiger partial charge >= 0.3 is 5.97 Å². The molecule has 0 fully saturated rings.